The highest BCUT2D eigenvalue weighted by Gasteiger charge is 2.37. The van der Waals surface area contributed by atoms with Gasteiger partial charge in [0.25, 0.3) is 0 Å². The third kappa shape index (κ3) is 4.51. The highest BCUT2D eigenvalue weighted by Crippen LogP contribution is 2.32. The van der Waals surface area contributed by atoms with Crippen LogP contribution in [0.3, 0.4) is 0 Å². The summed E-state index contributed by atoms with van der Waals surface area (Å²) < 4.78 is 10.4. The fourth-order valence-corrected chi connectivity index (χ4v) is 3.17. The fourth-order valence-electron chi connectivity index (χ4n) is 3.02. The molecule has 0 aromatic heterocycles. The Morgan fingerprint density at radius 2 is 2.00 bits per heavy atom. The Labute approximate surface area is 174 Å². The van der Waals surface area contributed by atoms with Gasteiger partial charge in [-0.25, -0.2) is 4.79 Å². The first-order chi connectivity index (χ1) is 13.9. The summed E-state index contributed by atoms with van der Waals surface area (Å²) >= 11 is 6.14. The van der Waals surface area contributed by atoms with Gasteiger partial charge in [0.15, 0.2) is 0 Å². The third-order valence-corrected chi connectivity index (χ3v) is 4.89. The molecular formula is C21H22ClN3O4. The lowest BCUT2D eigenvalue weighted by molar-refractivity contribution is -0.135. The van der Waals surface area contributed by atoms with Gasteiger partial charge in [-0.3, -0.25) is 9.80 Å². The van der Waals surface area contributed by atoms with Crippen LogP contribution in [0.15, 0.2) is 47.6 Å². The first-order valence-corrected chi connectivity index (χ1v) is 9.56. The number of aryl methyl sites for hydroxylation is 1. The van der Waals surface area contributed by atoms with Crippen molar-refractivity contribution in [2.45, 2.75) is 26.3 Å². The molecule has 3 rings (SSSR count). The van der Waals surface area contributed by atoms with E-state index in [1.807, 2.05) is 37.3 Å². The summed E-state index contributed by atoms with van der Waals surface area (Å²) in [4.78, 5) is 25.3. The number of hydrazone groups is 1. The molecule has 8 heteroatoms. The van der Waals surface area contributed by atoms with Gasteiger partial charge in [-0.05, 0) is 37.6 Å². The van der Waals surface area contributed by atoms with Crippen LogP contribution in [-0.2, 0) is 14.3 Å². The first-order valence-electron chi connectivity index (χ1n) is 9.18. The molecule has 0 fully saturated rings. The normalized spacial score (nSPS) is 15.7. The molecule has 1 amide bonds. The van der Waals surface area contributed by atoms with E-state index in [9.17, 15) is 9.59 Å². The molecule has 7 nitrogen and oxygen atoms in total. The minimum atomic E-state index is -0.711. The number of amides is 1. The van der Waals surface area contributed by atoms with Crippen molar-refractivity contribution in [3.05, 3.63) is 53.1 Å². The first kappa shape index (κ1) is 20.7. The van der Waals surface area contributed by atoms with Crippen molar-refractivity contribution in [1.29, 1.82) is 0 Å². The van der Waals surface area contributed by atoms with Crippen molar-refractivity contribution in [3.8, 4) is 5.75 Å². The molecule has 1 unspecified atom stereocenters. The number of rotatable bonds is 6. The number of para-hydroxylation sites is 1. The molecule has 0 radical (unpaired) electrons. The molecule has 1 N–H and O–H groups in total. The number of hydrogen-bond donors (Lipinski definition) is 1. The van der Waals surface area contributed by atoms with E-state index in [1.54, 1.807) is 19.1 Å². The molecular weight excluding hydrogens is 394 g/mol. The number of benzene rings is 2. The smallest absolute Gasteiger partial charge is 0.354 e. The van der Waals surface area contributed by atoms with Crippen molar-refractivity contribution in [1.82, 2.24) is 0 Å². The van der Waals surface area contributed by atoms with E-state index in [-0.39, 0.29) is 24.6 Å². The average Bonchev–Trinajstić information content (AvgIpc) is 3.17. The van der Waals surface area contributed by atoms with Crippen LogP contribution in [0.5, 0.6) is 5.75 Å². The predicted octanol–water partition coefficient (Wildman–Crippen LogP) is 3.79. The average molecular weight is 416 g/mol. The van der Waals surface area contributed by atoms with Crippen LogP contribution >= 0.6 is 11.6 Å². The van der Waals surface area contributed by atoms with Crippen LogP contribution in [0.25, 0.3) is 0 Å². The maximum absolute atomic E-state index is 13.1. The van der Waals surface area contributed by atoms with E-state index < -0.39 is 12.0 Å². The summed E-state index contributed by atoms with van der Waals surface area (Å²) in [6.07, 6.45) is 0.133. The molecule has 29 heavy (non-hydrogen) atoms. The molecule has 1 aliphatic rings. The third-order valence-electron chi connectivity index (χ3n) is 4.48. The Morgan fingerprint density at radius 1 is 1.28 bits per heavy atom. The van der Waals surface area contributed by atoms with Gasteiger partial charge in [-0.15, -0.1) is 0 Å². The molecule has 2 aromatic carbocycles. The van der Waals surface area contributed by atoms with Crippen molar-refractivity contribution < 1.29 is 19.1 Å². The van der Waals surface area contributed by atoms with Crippen LogP contribution in [0.1, 0.15) is 18.9 Å². The molecule has 0 saturated heterocycles. The lowest BCUT2D eigenvalue weighted by Crippen LogP contribution is -2.39. The molecule has 0 spiro atoms. The van der Waals surface area contributed by atoms with Crippen LogP contribution in [-0.4, -0.2) is 37.3 Å². The quantitative estimate of drug-likeness (QED) is 0.726. The number of methoxy groups -OCH3 is 1. The standard InChI is InChI=1S/C21H22ClN3O4/c1-4-29-21(27)17-12-18(25(24-17)14-8-6-5-7-9-14)20(26)23-16-10-13(2)15(22)11-19(16)28-3/h5-11,18H,4,12H2,1-3H3,(H,23,26). The molecule has 2 aromatic rings. The SMILES string of the molecule is CCOC(=O)C1=NN(c2ccccc2)C(C(=O)Nc2cc(C)c(Cl)cc2OC)C1. The number of hydrogen-bond acceptors (Lipinski definition) is 6. The lowest BCUT2D eigenvalue weighted by atomic mass is 10.1. The summed E-state index contributed by atoms with van der Waals surface area (Å²) in [5, 5.41) is 9.31. The Kier molecular flexibility index (Phi) is 6.39. The number of anilines is 2. The Morgan fingerprint density at radius 3 is 2.66 bits per heavy atom. The van der Waals surface area contributed by atoms with Gasteiger partial charge in [0.2, 0.25) is 5.91 Å². The fraction of sp³-hybridized carbons (Fsp3) is 0.286. The number of carbonyl (C=O) groups excluding carboxylic acids is 2. The summed E-state index contributed by atoms with van der Waals surface area (Å²) in [6, 6.07) is 11.9. The number of nitrogens with one attached hydrogen (secondary N) is 1. The monoisotopic (exact) mass is 415 g/mol. The number of nitrogens with zero attached hydrogens (tertiary/aromatic N) is 2. The molecule has 0 saturated carbocycles. The number of carbonyl (C=O) groups is 2. The summed E-state index contributed by atoms with van der Waals surface area (Å²) in [5.74, 6) is -0.398. The van der Waals surface area contributed by atoms with E-state index >= 15 is 0 Å². The van der Waals surface area contributed by atoms with Crippen LogP contribution < -0.4 is 15.1 Å². The van der Waals surface area contributed by atoms with Gasteiger partial charge in [0, 0.05) is 17.5 Å². The largest absolute Gasteiger partial charge is 0.495 e. The molecule has 1 atom stereocenters. The maximum atomic E-state index is 13.1. The lowest BCUT2D eigenvalue weighted by Gasteiger charge is -2.23. The predicted molar refractivity (Wildman–Crippen MR) is 113 cm³/mol. The molecule has 1 heterocycles. The van der Waals surface area contributed by atoms with Gasteiger partial charge in [-0.1, -0.05) is 29.8 Å². The van der Waals surface area contributed by atoms with Crippen LogP contribution in [0.2, 0.25) is 5.02 Å². The zero-order valence-corrected chi connectivity index (χ0v) is 17.2. The number of ether oxygens (including phenoxy) is 2. The Hall–Kier alpha value is -3.06. The summed E-state index contributed by atoms with van der Waals surface area (Å²) in [6.45, 7) is 3.80. The van der Waals surface area contributed by atoms with E-state index in [1.165, 1.54) is 12.1 Å². The highest BCUT2D eigenvalue weighted by molar-refractivity contribution is 6.38. The van der Waals surface area contributed by atoms with Crippen molar-refractivity contribution in [2.75, 3.05) is 24.0 Å². The van der Waals surface area contributed by atoms with E-state index in [0.717, 1.165) is 5.56 Å². The second-order valence-corrected chi connectivity index (χ2v) is 6.87. The van der Waals surface area contributed by atoms with E-state index in [2.05, 4.69) is 10.4 Å². The summed E-state index contributed by atoms with van der Waals surface area (Å²) in [7, 11) is 1.50. The second-order valence-electron chi connectivity index (χ2n) is 6.46. The van der Waals surface area contributed by atoms with Gasteiger partial charge in [0.05, 0.1) is 25.1 Å². The zero-order valence-electron chi connectivity index (χ0n) is 16.4. The maximum Gasteiger partial charge on any atom is 0.354 e. The Balaban J connectivity index is 1.89. The van der Waals surface area contributed by atoms with Crippen molar-refractivity contribution >= 4 is 40.6 Å². The number of halogens is 1. The van der Waals surface area contributed by atoms with Gasteiger partial charge < -0.3 is 14.8 Å². The second kappa shape index (κ2) is 8.96. The molecule has 0 bridgehead atoms. The summed E-state index contributed by atoms with van der Waals surface area (Å²) in [5.41, 5.74) is 2.20. The van der Waals surface area contributed by atoms with Crippen molar-refractivity contribution in [3.63, 3.8) is 0 Å². The zero-order chi connectivity index (χ0) is 21.0. The van der Waals surface area contributed by atoms with Gasteiger partial charge in [0.1, 0.15) is 17.5 Å². The van der Waals surface area contributed by atoms with E-state index in [0.29, 0.717) is 22.1 Å². The Bertz CT molecular complexity index is 946. The number of esters is 1. The van der Waals surface area contributed by atoms with Gasteiger partial charge >= 0.3 is 5.97 Å². The van der Waals surface area contributed by atoms with Crippen LogP contribution in [0.4, 0.5) is 11.4 Å². The molecule has 0 aliphatic carbocycles. The van der Waals surface area contributed by atoms with Crippen LogP contribution in [0, 0.1) is 6.92 Å². The van der Waals surface area contributed by atoms with Crippen molar-refractivity contribution in [2.24, 2.45) is 5.10 Å². The topological polar surface area (TPSA) is 80.2 Å². The van der Waals surface area contributed by atoms with E-state index in [4.69, 9.17) is 21.1 Å². The molecule has 1 aliphatic heterocycles. The minimum absolute atomic E-state index is 0.133. The molecule has 152 valence electrons. The highest BCUT2D eigenvalue weighted by atomic mass is 35.5. The minimum Gasteiger partial charge on any atom is -0.495 e. The van der Waals surface area contributed by atoms with Gasteiger partial charge in [-0.2, -0.15) is 5.10 Å².